The summed E-state index contributed by atoms with van der Waals surface area (Å²) in [6.45, 7) is 10.6. The molecule has 114 valence electrons. The van der Waals surface area contributed by atoms with Crippen LogP contribution >= 0.6 is 0 Å². The lowest BCUT2D eigenvalue weighted by Gasteiger charge is -2.20. The van der Waals surface area contributed by atoms with Gasteiger partial charge in [0.05, 0.1) is 11.1 Å². The van der Waals surface area contributed by atoms with Crippen molar-refractivity contribution in [2.24, 2.45) is 7.05 Å². The van der Waals surface area contributed by atoms with Crippen molar-refractivity contribution < 1.29 is 9.90 Å². The van der Waals surface area contributed by atoms with Crippen LogP contribution in [0, 0.1) is 6.92 Å². The van der Waals surface area contributed by atoms with Crippen LogP contribution < -0.4 is 0 Å². The number of carbonyl (C=O) groups is 1. The molecule has 2 rings (SSSR count). The zero-order valence-corrected chi connectivity index (χ0v) is 13.9. The van der Waals surface area contributed by atoms with E-state index >= 15 is 0 Å². The number of carboxylic acid groups (broad SMARTS) is 1. The van der Waals surface area contributed by atoms with Crippen molar-refractivity contribution in [1.82, 2.24) is 4.57 Å². The lowest BCUT2D eigenvalue weighted by Crippen LogP contribution is -2.13. The van der Waals surface area contributed by atoms with E-state index < -0.39 is 5.97 Å². The van der Waals surface area contributed by atoms with E-state index in [2.05, 4.69) is 40.7 Å². The molecule has 0 unspecified atom stereocenters. The maximum atomic E-state index is 11.7. The first-order valence-corrected chi connectivity index (χ1v) is 7.54. The predicted molar refractivity (Wildman–Crippen MR) is 87.3 cm³/mol. The largest absolute Gasteiger partial charge is 0.478 e. The SMILES string of the molecule is CCCc1c(C)n(C)c2c(C(=O)O)cc(C(C)(C)C)cc12. The fourth-order valence-corrected chi connectivity index (χ4v) is 2.95. The average Bonchev–Trinajstić information content (AvgIpc) is 2.62. The van der Waals surface area contributed by atoms with Crippen LogP contribution in [0.15, 0.2) is 12.1 Å². The molecule has 0 saturated carbocycles. The summed E-state index contributed by atoms with van der Waals surface area (Å²) in [4.78, 5) is 11.7. The highest BCUT2D eigenvalue weighted by Crippen LogP contribution is 2.34. The molecule has 0 bridgehead atoms. The lowest BCUT2D eigenvalue weighted by atomic mass is 9.84. The third-order valence-corrected chi connectivity index (χ3v) is 4.31. The number of hydrogen-bond donors (Lipinski definition) is 1. The van der Waals surface area contributed by atoms with Crippen molar-refractivity contribution in [2.75, 3.05) is 0 Å². The maximum Gasteiger partial charge on any atom is 0.337 e. The van der Waals surface area contributed by atoms with Crippen molar-refractivity contribution in [1.29, 1.82) is 0 Å². The van der Waals surface area contributed by atoms with Crippen molar-refractivity contribution in [3.63, 3.8) is 0 Å². The number of aryl methyl sites for hydroxylation is 2. The quantitative estimate of drug-likeness (QED) is 0.907. The maximum absolute atomic E-state index is 11.7. The van der Waals surface area contributed by atoms with Crippen molar-refractivity contribution in [3.05, 3.63) is 34.5 Å². The molecule has 1 heterocycles. The highest BCUT2D eigenvalue weighted by Gasteiger charge is 2.23. The van der Waals surface area contributed by atoms with E-state index in [1.165, 1.54) is 11.3 Å². The van der Waals surface area contributed by atoms with E-state index in [-0.39, 0.29) is 5.41 Å². The smallest absolute Gasteiger partial charge is 0.337 e. The molecule has 1 N–H and O–H groups in total. The molecule has 0 aliphatic rings. The molecule has 0 saturated heterocycles. The van der Waals surface area contributed by atoms with Crippen molar-refractivity contribution in [3.8, 4) is 0 Å². The van der Waals surface area contributed by atoms with Gasteiger partial charge in [-0.05, 0) is 42.0 Å². The number of nitrogens with zero attached hydrogens (tertiary/aromatic N) is 1. The molecular formula is C18H25NO2. The lowest BCUT2D eigenvalue weighted by molar-refractivity contribution is 0.0698. The van der Waals surface area contributed by atoms with Crippen LogP contribution in [0.3, 0.4) is 0 Å². The van der Waals surface area contributed by atoms with Gasteiger partial charge >= 0.3 is 5.97 Å². The molecule has 1 aromatic carbocycles. The third-order valence-electron chi connectivity index (χ3n) is 4.31. The first-order chi connectivity index (χ1) is 9.68. The Hall–Kier alpha value is -1.77. The summed E-state index contributed by atoms with van der Waals surface area (Å²) in [6, 6.07) is 4.01. The van der Waals surface area contributed by atoms with Crippen LogP contribution in [0.5, 0.6) is 0 Å². The zero-order valence-electron chi connectivity index (χ0n) is 13.9. The summed E-state index contributed by atoms with van der Waals surface area (Å²) in [6.07, 6.45) is 2.04. The fraction of sp³-hybridized carbons (Fsp3) is 0.500. The van der Waals surface area contributed by atoms with Crippen LogP contribution in [0.1, 0.15) is 61.3 Å². The Morgan fingerprint density at radius 3 is 2.38 bits per heavy atom. The van der Waals surface area contributed by atoms with Crippen molar-refractivity contribution >= 4 is 16.9 Å². The monoisotopic (exact) mass is 287 g/mol. The number of aromatic nitrogens is 1. The molecule has 1 aromatic heterocycles. The Morgan fingerprint density at radius 1 is 1.29 bits per heavy atom. The Kier molecular flexibility index (Phi) is 3.87. The molecule has 0 aliphatic carbocycles. The molecule has 2 aromatic rings. The number of rotatable bonds is 3. The van der Waals surface area contributed by atoms with Crippen LogP contribution in [0.2, 0.25) is 0 Å². The Bertz CT molecular complexity index is 702. The molecule has 0 spiro atoms. The molecule has 0 aliphatic heterocycles. The van der Waals surface area contributed by atoms with Gasteiger partial charge < -0.3 is 9.67 Å². The third kappa shape index (κ3) is 2.57. The van der Waals surface area contributed by atoms with Gasteiger partial charge in [0.15, 0.2) is 0 Å². The van der Waals surface area contributed by atoms with E-state index in [4.69, 9.17) is 0 Å². The van der Waals surface area contributed by atoms with E-state index in [1.54, 1.807) is 0 Å². The highest BCUT2D eigenvalue weighted by atomic mass is 16.4. The summed E-state index contributed by atoms with van der Waals surface area (Å²) < 4.78 is 2.02. The molecule has 0 atom stereocenters. The standard InChI is InChI=1S/C18H25NO2/c1-7-8-13-11(2)19(6)16-14(13)9-12(18(3,4)5)10-15(16)17(20)21/h9-10H,7-8H2,1-6H3,(H,20,21). The van der Waals surface area contributed by atoms with Crippen LogP contribution in [0.4, 0.5) is 0 Å². The van der Waals surface area contributed by atoms with E-state index in [0.717, 1.165) is 29.3 Å². The second kappa shape index (κ2) is 5.21. The molecule has 0 radical (unpaired) electrons. The zero-order chi connectivity index (χ0) is 15.9. The van der Waals surface area contributed by atoms with Crippen LogP contribution in [-0.2, 0) is 18.9 Å². The summed E-state index contributed by atoms with van der Waals surface area (Å²) in [7, 11) is 1.96. The average molecular weight is 287 g/mol. The molecule has 0 fully saturated rings. The molecule has 3 nitrogen and oxygen atoms in total. The molecular weight excluding hydrogens is 262 g/mol. The van der Waals surface area contributed by atoms with Gasteiger partial charge in [0.25, 0.3) is 0 Å². The molecule has 3 heteroatoms. The normalized spacial score (nSPS) is 12.1. The summed E-state index contributed by atoms with van der Waals surface area (Å²) in [5, 5.41) is 10.7. The molecule has 0 amide bonds. The Labute approximate surface area is 126 Å². The van der Waals surface area contributed by atoms with Gasteiger partial charge in [-0.15, -0.1) is 0 Å². The summed E-state index contributed by atoms with van der Waals surface area (Å²) in [5.41, 5.74) is 4.72. The van der Waals surface area contributed by atoms with E-state index in [0.29, 0.717) is 5.56 Å². The van der Waals surface area contributed by atoms with Crippen molar-refractivity contribution in [2.45, 2.75) is 52.9 Å². The highest BCUT2D eigenvalue weighted by molar-refractivity contribution is 6.04. The van der Waals surface area contributed by atoms with Gasteiger partial charge in [-0.3, -0.25) is 0 Å². The van der Waals surface area contributed by atoms with Gasteiger partial charge in [-0.2, -0.15) is 0 Å². The predicted octanol–water partition coefficient (Wildman–Crippen LogP) is 4.43. The minimum absolute atomic E-state index is 0.0639. The second-order valence-electron chi connectivity index (χ2n) is 6.85. The first kappa shape index (κ1) is 15.6. The number of fused-ring (bicyclic) bond motifs is 1. The van der Waals surface area contributed by atoms with Gasteiger partial charge in [-0.25, -0.2) is 4.79 Å². The van der Waals surface area contributed by atoms with Gasteiger partial charge in [0.1, 0.15) is 0 Å². The first-order valence-electron chi connectivity index (χ1n) is 7.54. The van der Waals surface area contributed by atoms with Gasteiger partial charge in [0, 0.05) is 18.1 Å². The number of carboxylic acids is 1. The Morgan fingerprint density at radius 2 is 1.90 bits per heavy atom. The van der Waals surface area contributed by atoms with E-state index in [9.17, 15) is 9.90 Å². The van der Waals surface area contributed by atoms with Crippen LogP contribution in [-0.4, -0.2) is 15.6 Å². The van der Waals surface area contributed by atoms with E-state index in [1.807, 2.05) is 17.7 Å². The summed E-state index contributed by atoms with van der Waals surface area (Å²) in [5.74, 6) is -0.852. The Balaban J connectivity index is 2.93. The number of hydrogen-bond acceptors (Lipinski definition) is 1. The topological polar surface area (TPSA) is 42.2 Å². The number of benzene rings is 1. The van der Waals surface area contributed by atoms with Gasteiger partial charge in [0.2, 0.25) is 0 Å². The molecule has 21 heavy (non-hydrogen) atoms. The van der Waals surface area contributed by atoms with Gasteiger partial charge in [-0.1, -0.05) is 34.1 Å². The van der Waals surface area contributed by atoms with Crippen LogP contribution in [0.25, 0.3) is 10.9 Å². The minimum Gasteiger partial charge on any atom is -0.478 e. The number of aromatic carboxylic acids is 1. The fourth-order valence-electron chi connectivity index (χ4n) is 2.95. The minimum atomic E-state index is -0.852. The second-order valence-corrected chi connectivity index (χ2v) is 6.85. The summed E-state index contributed by atoms with van der Waals surface area (Å²) >= 11 is 0.